The number of aromatic nitrogens is 1. The van der Waals surface area contributed by atoms with E-state index in [0.717, 1.165) is 44.7 Å². The molecule has 96 valence electrons. The molecule has 0 amide bonds. The number of benzene rings is 1. The predicted octanol–water partition coefficient (Wildman–Crippen LogP) is 3.71. The molecule has 18 heavy (non-hydrogen) atoms. The third kappa shape index (κ3) is 3.16. The number of fused-ring (bicyclic) bond motifs is 1. The Kier molecular flexibility index (Phi) is 4.86. The molecule has 2 rings (SSSR count). The summed E-state index contributed by atoms with van der Waals surface area (Å²) in [6.07, 6.45) is 2.74. The van der Waals surface area contributed by atoms with Crippen molar-refractivity contribution in [1.82, 2.24) is 4.98 Å². The van der Waals surface area contributed by atoms with Crippen LogP contribution in [0.2, 0.25) is 0 Å². The van der Waals surface area contributed by atoms with E-state index >= 15 is 0 Å². The highest BCUT2D eigenvalue weighted by Crippen LogP contribution is 2.33. The number of halogens is 1. The molecule has 0 radical (unpaired) electrons. The number of anilines is 1. The van der Waals surface area contributed by atoms with Crippen LogP contribution in [0.5, 0.6) is 0 Å². The molecule has 1 heterocycles. The van der Waals surface area contributed by atoms with Crippen molar-refractivity contribution in [3.63, 3.8) is 0 Å². The van der Waals surface area contributed by atoms with Crippen LogP contribution in [-0.2, 0) is 4.74 Å². The second-order valence-electron chi connectivity index (χ2n) is 3.90. The van der Waals surface area contributed by atoms with Crippen molar-refractivity contribution in [1.29, 1.82) is 0 Å². The first-order chi connectivity index (χ1) is 8.72. The van der Waals surface area contributed by atoms with Gasteiger partial charge in [0.15, 0.2) is 0 Å². The first-order valence-corrected chi connectivity index (χ1v) is 7.45. The number of rotatable bonds is 5. The van der Waals surface area contributed by atoms with Crippen LogP contribution in [0.1, 0.15) is 6.42 Å². The molecule has 0 atom stereocenters. The van der Waals surface area contributed by atoms with Crippen LogP contribution in [-0.4, -0.2) is 24.5 Å². The number of thioether (sulfide) groups is 1. The van der Waals surface area contributed by atoms with Gasteiger partial charge in [0.05, 0.1) is 17.4 Å². The summed E-state index contributed by atoms with van der Waals surface area (Å²) in [5.41, 5.74) is 7.73. The maximum absolute atomic E-state index is 6.02. The van der Waals surface area contributed by atoms with E-state index in [1.807, 2.05) is 12.1 Å². The van der Waals surface area contributed by atoms with Gasteiger partial charge in [-0.3, -0.25) is 4.98 Å². The molecule has 2 N–H and O–H groups in total. The Morgan fingerprint density at radius 1 is 1.44 bits per heavy atom. The molecule has 0 aliphatic heterocycles. The first-order valence-electron chi connectivity index (χ1n) is 5.68. The maximum atomic E-state index is 6.02. The van der Waals surface area contributed by atoms with Crippen molar-refractivity contribution < 1.29 is 4.74 Å². The Morgan fingerprint density at radius 2 is 2.28 bits per heavy atom. The molecule has 3 nitrogen and oxygen atoms in total. The smallest absolute Gasteiger partial charge is 0.0715 e. The number of nitrogens with two attached hydrogens (primary N) is 1. The van der Waals surface area contributed by atoms with E-state index < -0.39 is 0 Å². The molecule has 1 aromatic carbocycles. The minimum atomic E-state index is 0.739. The number of nitrogens with zero attached hydrogens (tertiary/aromatic N) is 1. The Labute approximate surface area is 119 Å². The van der Waals surface area contributed by atoms with Gasteiger partial charge < -0.3 is 10.5 Å². The molecule has 0 bridgehead atoms. The number of pyridine rings is 1. The molecule has 1 aromatic heterocycles. The van der Waals surface area contributed by atoms with Gasteiger partial charge in [0.2, 0.25) is 0 Å². The fourth-order valence-corrected chi connectivity index (χ4v) is 3.06. The van der Waals surface area contributed by atoms with Crippen molar-refractivity contribution in [3.8, 4) is 0 Å². The Hall–Kier alpha value is -0.780. The van der Waals surface area contributed by atoms with Crippen molar-refractivity contribution >= 4 is 44.3 Å². The van der Waals surface area contributed by atoms with Gasteiger partial charge in [0.1, 0.15) is 0 Å². The molecule has 0 aliphatic rings. The van der Waals surface area contributed by atoms with Crippen LogP contribution in [0.25, 0.3) is 10.9 Å². The van der Waals surface area contributed by atoms with Crippen LogP contribution in [0.15, 0.2) is 33.8 Å². The summed E-state index contributed by atoms with van der Waals surface area (Å²) >= 11 is 5.25. The molecule has 2 aromatic rings. The zero-order valence-electron chi connectivity index (χ0n) is 10.1. The van der Waals surface area contributed by atoms with E-state index in [9.17, 15) is 0 Å². The average Bonchev–Trinajstić information content (AvgIpc) is 2.36. The van der Waals surface area contributed by atoms with Gasteiger partial charge in [-0.1, -0.05) is 15.9 Å². The lowest BCUT2D eigenvalue weighted by Gasteiger charge is -2.09. The molecule has 0 spiro atoms. The fourth-order valence-electron chi connectivity index (χ4n) is 1.69. The normalized spacial score (nSPS) is 11.0. The van der Waals surface area contributed by atoms with E-state index in [4.69, 9.17) is 10.5 Å². The third-order valence-electron chi connectivity index (χ3n) is 2.55. The molecule has 5 heteroatoms. The average molecular weight is 327 g/mol. The van der Waals surface area contributed by atoms with Gasteiger partial charge >= 0.3 is 0 Å². The van der Waals surface area contributed by atoms with Crippen molar-refractivity contribution in [2.45, 2.75) is 11.3 Å². The van der Waals surface area contributed by atoms with E-state index in [1.165, 1.54) is 0 Å². The summed E-state index contributed by atoms with van der Waals surface area (Å²) in [4.78, 5) is 5.45. The van der Waals surface area contributed by atoms with Crippen LogP contribution < -0.4 is 5.73 Å². The highest BCUT2D eigenvalue weighted by atomic mass is 79.9. The van der Waals surface area contributed by atoms with E-state index in [-0.39, 0.29) is 0 Å². The van der Waals surface area contributed by atoms with Crippen LogP contribution in [0, 0.1) is 0 Å². The second-order valence-corrected chi connectivity index (χ2v) is 5.92. The number of ether oxygens (including phenoxy) is 1. The highest BCUT2D eigenvalue weighted by molar-refractivity contribution is 9.10. The summed E-state index contributed by atoms with van der Waals surface area (Å²) in [7, 11) is 1.72. The van der Waals surface area contributed by atoms with Gasteiger partial charge in [0.25, 0.3) is 0 Å². The minimum absolute atomic E-state index is 0.739. The monoisotopic (exact) mass is 326 g/mol. The van der Waals surface area contributed by atoms with E-state index in [0.29, 0.717) is 0 Å². The standard InChI is InChI=1S/C13H15BrN2OS/c1-17-5-2-6-18-13-10-7-9(14)3-4-12(10)16-8-11(13)15/h3-4,7-8H,2,5-6,15H2,1H3. The summed E-state index contributed by atoms with van der Waals surface area (Å²) in [5, 5.41) is 1.10. The SMILES string of the molecule is COCCCSc1c(N)cnc2ccc(Br)cc12. The van der Waals surface area contributed by atoms with E-state index in [1.54, 1.807) is 25.1 Å². The largest absolute Gasteiger partial charge is 0.397 e. The van der Waals surface area contributed by atoms with Crippen LogP contribution in [0.3, 0.4) is 0 Å². The zero-order chi connectivity index (χ0) is 13.0. The topological polar surface area (TPSA) is 48.1 Å². The lowest BCUT2D eigenvalue weighted by molar-refractivity contribution is 0.200. The van der Waals surface area contributed by atoms with Gasteiger partial charge in [-0.15, -0.1) is 11.8 Å². The van der Waals surface area contributed by atoms with Crippen molar-refractivity contribution in [3.05, 3.63) is 28.9 Å². The Balaban J connectivity index is 2.29. The highest BCUT2D eigenvalue weighted by Gasteiger charge is 2.07. The maximum Gasteiger partial charge on any atom is 0.0715 e. The zero-order valence-corrected chi connectivity index (χ0v) is 12.6. The Morgan fingerprint density at radius 3 is 3.06 bits per heavy atom. The lowest BCUT2D eigenvalue weighted by atomic mass is 10.2. The first kappa shape index (κ1) is 13.6. The van der Waals surface area contributed by atoms with Crippen LogP contribution in [0.4, 0.5) is 5.69 Å². The molecule has 0 saturated carbocycles. The summed E-state index contributed by atoms with van der Waals surface area (Å²) in [6.45, 7) is 0.777. The number of hydrogen-bond donors (Lipinski definition) is 1. The second kappa shape index (κ2) is 6.41. The molecular formula is C13H15BrN2OS. The van der Waals surface area contributed by atoms with Crippen molar-refractivity contribution in [2.75, 3.05) is 25.2 Å². The van der Waals surface area contributed by atoms with Gasteiger partial charge in [-0.2, -0.15) is 0 Å². The molecular weight excluding hydrogens is 312 g/mol. The summed E-state index contributed by atoms with van der Waals surface area (Å²) < 4.78 is 6.09. The molecule has 0 aliphatic carbocycles. The third-order valence-corrected chi connectivity index (χ3v) is 4.28. The fraction of sp³-hybridized carbons (Fsp3) is 0.308. The van der Waals surface area contributed by atoms with Crippen LogP contribution >= 0.6 is 27.7 Å². The van der Waals surface area contributed by atoms with Crippen molar-refractivity contribution in [2.24, 2.45) is 0 Å². The predicted molar refractivity (Wildman–Crippen MR) is 81.1 cm³/mol. The van der Waals surface area contributed by atoms with Gasteiger partial charge in [0, 0.05) is 34.2 Å². The number of nitrogen functional groups attached to an aromatic ring is 1. The summed E-state index contributed by atoms with van der Waals surface area (Å²) in [5.74, 6) is 0.990. The summed E-state index contributed by atoms with van der Waals surface area (Å²) in [6, 6.07) is 6.06. The quantitative estimate of drug-likeness (QED) is 0.672. The minimum Gasteiger partial charge on any atom is -0.397 e. The van der Waals surface area contributed by atoms with E-state index in [2.05, 4.69) is 27.0 Å². The Bertz CT molecular complexity index is 542. The number of hydrogen-bond acceptors (Lipinski definition) is 4. The van der Waals surface area contributed by atoms with Gasteiger partial charge in [-0.05, 0) is 24.6 Å². The molecule has 0 saturated heterocycles. The lowest BCUT2D eigenvalue weighted by Crippen LogP contribution is -1.95. The molecule has 0 fully saturated rings. The van der Waals surface area contributed by atoms with Gasteiger partial charge in [-0.25, -0.2) is 0 Å². The molecule has 0 unspecified atom stereocenters. The number of methoxy groups -OCH3 is 1.